The molecule has 0 aromatic heterocycles. The fourth-order valence-corrected chi connectivity index (χ4v) is 3.13. The van der Waals surface area contributed by atoms with Crippen molar-refractivity contribution >= 4 is 11.9 Å². The van der Waals surface area contributed by atoms with Crippen molar-refractivity contribution < 1.29 is 19.4 Å². The van der Waals surface area contributed by atoms with E-state index in [4.69, 9.17) is 9.84 Å². The third-order valence-corrected chi connectivity index (χ3v) is 4.44. The third-order valence-electron chi connectivity index (χ3n) is 4.44. The van der Waals surface area contributed by atoms with Gasteiger partial charge < -0.3 is 14.7 Å². The van der Waals surface area contributed by atoms with Gasteiger partial charge in [-0.2, -0.15) is 0 Å². The van der Waals surface area contributed by atoms with Gasteiger partial charge in [0.25, 0.3) is 0 Å². The smallest absolute Gasteiger partial charge is 0.329 e. The van der Waals surface area contributed by atoms with Crippen LogP contribution in [-0.4, -0.2) is 71.2 Å². The quantitative estimate of drug-likeness (QED) is 0.818. The maximum Gasteiger partial charge on any atom is 0.329 e. The molecule has 0 saturated carbocycles. The van der Waals surface area contributed by atoms with E-state index in [0.29, 0.717) is 13.1 Å². The standard InChI is InChI=1S/C15H26N2O4/c1-12(14(20)16-7-5-3-4-6-8-16)17-10-15(2,11-17)21-9-13(18)19/h12H,3-11H2,1-2H3,(H,18,19). The zero-order chi connectivity index (χ0) is 15.5. The lowest BCUT2D eigenvalue weighted by atomic mass is 9.94. The molecule has 21 heavy (non-hydrogen) atoms. The van der Waals surface area contributed by atoms with Crippen LogP contribution in [0.5, 0.6) is 0 Å². The van der Waals surface area contributed by atoms with E-state index in [1.165, 1.54) is 12.8 Å². The first kappa shape index (κ1) is 16.2. The van der Waals surface area contributed by atoms with Crippen LogP contribution in [0, 0.1) is 0 Å². The zero-order valence-corrected chi connectivity index (χ0v) is 13.0. The molecule has 2 aliphatic heterocycles. The van der Waals surface area contributed by atoms with Crippen molar-refractivity contribution in [1.29, 1.82) is 0 Å². The number of carbonyl (C=O) groups excluding carboxylic acids is 1. The van der Waals surface area contributed by atoms with Crippen LogP contribution in [0.15, 0.2) is 0 Å². The average molecular weight is 298 g/mol. The van der Waals surface area contributed by atoms with E-state index in [0.717, 1.165) is 25.9 Å². The fourth-order valence-electron chi connectivity index (χ4n) is 3.13. The number of carboxylic acids is 1. The van der Waals surface area contributed by atoms with Crippen LogP contribution in [0.2, 0.25) is 0 Å². The highest BCUT2D eigenvalue weighted by molar-refractivity contribution is 5.81. The van der Waals surface area contributed by atoms with Crippen LogP contribution >= 0.6 is 0 Å². The number of carboxylic acid groups (broad SMARTS) is 1. The normalized spacial score (nSPS) is 24.0. The average Bonchev–Trinajstić information content (AvgIpc) is 2.69. The molecule has 0 aromatic rings. The summed E-state index contributed by atoms with van der Waals surface area (Å²) in [5.74, 6) is -0.763. The molecule has 6 heteroatoms. The van der Waals surface area contributed by atoms with Crippen LogP contribution in [0.3, 0.4) is 0 Å². The molecule has 2 fully saturated rings. The number of aliphatic carboxylic acids is 1. The van der Waals surface area contributed by atoms with Crippen molar-refractivity contribution in [3.63, 3.8) is 0 Å². The molecule has 1 unspecified atom stereocenters. The van der Waals surface area contributed by atoms with Gasteiger partial charge in [0.15, 0.2) is 0 Å². The molecule has 0 radical (unpaired) electrons. The second kappa shape index (κ2) is 6.75. The molecular formula is C15H26N2O4. The van der Waals surface area contributed by atoms with E-state index >= 15 is 0 Å². The Balaban J connectivity index is 1.80. The number of ether oxygens (including phenoxy) is 1. The minimum absolute atomic E-state index is 0.149. The molecule has 2 rings (SSSR count). The van der Waals surface area contributed by atoms with Crippen LogP contribution < -0.4 is 0 Å². The van der Waals surface area contributed by atoms with Gasteiger partial charge in [-0.15, -0.1) is 0 Å². The predicted molar refractivity (Wildman–Crippen MR) is 78.1 cm³/mol. The zero-order valence-electron chi connectivity index (χ0n) is 13.0. The minimum Gasteiger partial charge on any atom is -0.480 e. The van der Waals surface area contributed by atoms with Crippen molar-refractivity contribution in [2.45, 2.75) is 51.2 Å². The second-order valence-electron chi connectivity index (χ2n) is 6.45. The molecule has 0 aliphatic carbocycles. The minimum atomic E-state index is -0.955. The third kappa shape index (κ3) is 4.17. The topological polar surface area (TPSA) is 70.1 Å². The van der Waals surface area contributed by atoms with Crippen molar-refractivity contribution in [3.8, 4) is 0 Å². The SMILES string of the molecule is CC(C(=O)N1CCCCCC1)N1CC(C)(OCC(=O)O)C1. The summed E-state index contributed by atoms with van der Waals surface area (Å²) < 4.78 is 5.39. The molecule has 1 atom stereocenters. The van der Waals surface area contributed by atoms with E-state index in [1.54, 1.807) is 0 Å². The van der Waals surface area contributed by atoms with E-state index in [1.807, 2.05) is 18.7 Å². The second-order valence-corrected chi connectivity index (χ2v) is 6.45. The number of hydrogen-bond acceptors (Lipinski definition) is 4. The molecular weight excluding hydrogens is 272 g/mol. The van der Waals surface area contributed by atoms with Gasteiger partial charge in [-0.1, -0.05) is 12.8 Å². The van der Waals surface area contributed by atoms with Gasteiger partial charge in [0, 0.05) is 26.2 Å². The van der Waals surface area contributed by atoms with E-state index in [9.17, 15) is 9.59 Å². The summed E-state index contributed by atoms with van der Waals surface area (Å²) in [5, 5.41) is 8.66. The van der Waals surface area contributed by atoms with Crippen molar-refractivity contribution in [1.82, 2.24) is 9.80 Å². The maximum atomic E-state index is 12.5. The first-order chi connectivity index (χ1) is 9.91. The molecule has 1 N–H and O–H groups in total. The van der Waals surface area contributed by atoms with E-state index < -0.39 is 11.6 Å². The summed E-state index contributed by atoms with van der Waals surface area (Å²) in [6.07, 6.45) is 4.61. The summed E-state index contributed by atoms with van der Waals surface area (Å²) in [6.45, 7) is 6.51. The highest BCUT2D eigenvalue weighted by Crippen LogP contribution is 2.27. The van der Waals surface area contributed by atoms with Crippen molar-refractivity contribution in [2.75, 3.05) is 32.8 Å². The largest absolute Gasteiger partial charge is 0.480 e. The highest BCUT2D eigenvalue weighted by atomic mass is 16.5. The lowest BCUT2D eigenvalue weighted by Crippen LogP contribution is -2.66. The molecule has 2 aliphatic rings. The number of likely N-dealkylation sites (tertiary alicyclic amines) is 2. The van der Waals surface area contributed by atoms with E-state index in [-0.39, 0.29) is 18.6 Å². The molecule has 0 aromatic carbocycles. The molecule has 0 bridgehead atoms. The molecule has 2 saturated heterocycles. The van der Waals surface area contributed by atoms with Crippen LogP contribution in [-0.2, 0) is 14.3 Å². The van der Waals surface area contributed by atoms with Gasteiger partial charge in [-0.25, -0.2) is 4.79 Å². The number of rotatable bonds is 5. The summed E-state index contributed by atoms with van der Waals surface area (Å²) in [7, 11) is 0. The first-order valence-electron chi connectivity index (χ1n) is 7.80. The Bertz CT molecular complexity index is 385. The Hall–Kier alpha value is -1.14. The van der Waals surface area contributed by atoms with Crippen LogP contribution in [0.4, 0.5) is 0 Å². The molecule has 6 nitrogen and oxygen atoms in total. The Morgan fingerprint density at radius 3 is 2.29 bits per heavy atom. The molecule has 1 amide bonds. The molecule has 2 heterocycles. The van der Waals surface area contributed by atoms with Crippen LogP contribution in [0.25, 0.3) is 0 Å². The van der Waals surface area contributed by atoms with E-state index in [2.05, 4.69) is 4.90 Å². The summed E-state index contributed by atoms with van der Waals surface area (Å²) in [6, 6.07) is -0.149. The van der Waals surface area contributed by atoms with Gasteiger partial charge in [0.2, 0.25) is 5.91 Å². The Labute approximate surface area is 126 Å². The maximum absolute atomic E-state index is 12.5. The number of carbonyl (C=O) groups is 2. The summed E-state index contributed by atoms with van der Waals surface area (Å²) in [5.41, 5.74) is -0.439. The van der Waals surface area contributed by atoms with Gasteiger partial charge in [0.1, 0.15) is 6.61 Å². The molecule has 120 valence electrons. The first-order valence-corrected chi connectivity index (χ1v) is 7.80. The monoisotopic (exact) mass is 298 g/mol. The lowest BCUT2D eigenvalue weighted by Gasteiger charge is -2.50. The number of amides is 1. The fraction of sp³-hybridized carbons (Fsp3) is 0.867. The summed E-state index contributed by atoms with van der Waals surface area (Å²) in [4.78, 5) is 27.1. The highest BCUT2D eigenvalue weighted by Gasteiger charge is 2.44. The summed E-state index contributed by atoms with van der Waals surface area (Å²) >= 11 is 0. The van der Waals surface area contributed by atoms with Gasteiger partial charge in [0.05, 0.1) is 11.6 Å². The van der Waals surface area contributed by atoms with Gasteiger partial charge in [-0.3, -0.25) is 9.69 Å². The molecule has 0 spiro atoms. The number of hydrogen-bond donors (Lipinski definition) is 1. The predicted octanol–water partition coefficient (Wildman–Crippen LogP) is 0.953. The Kier molecular flexibility index (Phi) is 5.22. The van der Waals surface area contributed by atoms with Crippen molar-refractivity contribution in [2.24, 2.45) is 0 Å². The van der Waals surface area contributed by atoms with Gasteiger partial charge >= 0.3 is 5.97 Å². The number of nitrogens with zero attached hydrogens (tertiary/aromatic N) is 2. The van der Waals surface area contributed by atoms with Crippen LogP contribution in [0.1, 0.15) is 39.5 Å². The van der Waals surface area contributed by atoms with Crippen molar-refractivity contribution in [3.05, 3.63) is 0 Å². The Morgan fingerprint density at radius 1 is 1.19 bits per heavy atom. The lowest BCUT2D eigenvalue weighted by molar-refractivity contribution is -0.173. The van der Waals surface area contributed by atoms with Gasteiger partial charge in [-0.05, 0) is 26.7 Å². The Morgan fingerprint density at radius 2 is 1.76 bits per heavy atom.